The number of nitrogens with zero attached hydrogens (tertiary/aromatic N) is 1. The molecule has 0 radical (unpaired) electrons. The van der Waals surface area contributed by atoms with Crippen LogP contribution in [0.15, 0.2) is 4.36 Å². The number of nitrogens with one attached hydrogen (secondary N) is 1. The maximum atomic E-state index is 9.97. The van der Waals surface area contributed by atoms with Crippen molar-refractivity contribution in [3.63, 3.8) is 0 Å². The third-order valence-corrected chi connectivity index (χ3v) is 0.621. The summed E-state index contributed by atoms with van der Waals surface area (Å²) in [6, 6.07) is -0.510. The summed E-state index contributed by atoms with van der Waals surface area (Å²) in [5.74, 6) is 0. The molecule has 2 N–H and O–H groups in total. The molecule has 0 aliphatic carbocycles. The van der Waals surface area contributed by atoms with E-state index in [1.165, 1.54) is 7.05 Å². The average molecular weight is 122 g/mol. The number of hydrogen-bond donors (Lipinski definition) is 3. The quantitative estimate of drug-likeness (QED) is 0.389. The Morgan fingerprint density at radius 2 is 2.57 bits per heavy atom. The third kappa shape index (κ3) is 3.41. The molecule has 0 rings (SSSR count). The highest BCUT2D eigenvalue weighted by Gasteiger charge is 1.83. The molecule has 0 bridgehead atoms. The lowest BCUT2D eigenvalue weighted by atomic mass is 11.0. The van der Waals surface area contributed by atoms with Gasteiger partial charge in [0.25, 0.3) is 0 Å². The Balaban J connectivity index is 3.37. The zero-order valence-corrected chi connectivity index (χ0v) is 4.64. The Kier molecular flexibility index (Phi) is 3.53. The van der Waals surface area contributed by atoms with E-state index in [4.69, 9.17) is 4.55 Å². The summed E-state index contributed by atoms with van der Waals surface area (Å²) >= 11 is -0.247. The molecule has 0 aromatic heterocycles. The highest BCUT2D eigenvalue weighted by molar-refractivity contribution is 7.62. The predicted octanol–water partition coefficient (Wildman–Crippen LogP) is -0.203. The summed E-state index contributed by atoms with van der Waals surface area (Å²) in [4.78, 5) is 9.97. The first-order valence-electron chi connectivity index (χ1n) is 1.58. The minimum absolute atomic E-state index is 0.247. The lowest BCUT2D eigenvalue weighted by molar-refractivity contribution is 0.251. The molecule has 0 spiro atoms. The monoisotopic (exact) mass is 122 g/mol. The van der Waals surface area contributed by atoms with Crippen molar-refractivity contribution in [2.24, 2.45) is 4.36 Å². The van der Waals surface area contributed by atoms with Crippen LogP contribution >= 0.6 is 0 Å². The molecular formula is C2H6N2O2S. The van der Waals surface area contributed by atoms with Crippen LogP contribution in [0.1, 0.15) is 0 Å². The molecule has 0 heterocycles. The molecule has 0 atom stereocenters. The van der Waals surface area contributed by atoms with E-state index < -0.39 is 6.03 Å². The van der Waals surface area contributed by atoms with Crippen molar-refractivity contribution in [3.05, 3.63) is 0 Å². The molecule has 0 fully saturated rings. The summed E-state index contributed by atoms with van der Waals surface area (Å²) in [6.45, 7) is 0. The topological polar surface area (TPSA) is 61.7 Å². The first-order valence-corrected chi connectivity index (χ1v) is 2.38. The summed E-state index contributed by atoms with van der Waals surface area (Å²) < 4.78 is 10.9. The Bertz CT molecular complexity index is 91.7. The van der Waals surface area contributed by atoms with Crippen LogP contribution in [0.25, 0.3) is 0 Å². The fraction of sp³-hybridized carbons (Fsp3) is 0.500. The van der Waals surface area contributed by atoms with Crippen molar-refractivity contribution in [1.82, 2.24) is 5.32 Å². The maximum absolute atomic E-state index is 9.97. The fourth-order valence-corrected chi connectivity index (χ4v) is 0.272. The Hall–Kier alpha value is -0.420. The van der Waals surface area contributed by atoms with Crippen LogP contribution in [-0.4, -0.2) is 17.6 Å². The second-order valence-corrected chi connectivity index (χ2v) is 1.12. The van der Waals surface area contributed by atoms with Gasteiger partial charge in [-0.2, -0.15) is 0 Å². The van der Waals surface area contributed by atoms with Gasteiger partial charge in [-0.15, -0.1) is 4.36 Å². The van der Waals surface area contributed by atoms with Crippen LogP contribution in [0.2, 0.25) is 0 Å². The number of urea groups is 1. The molecular weight excluding hydrogens is 116 g/mol. The lowest BCUT2D eigenvalue weighted by Crippen LogP contribution is -2.11. The van der Waals surface area contributed by atoms with Crippen molar-refractivity contribution >= 4 is 17.9 Å². The molecule has 4 nitrogen and oxygen atoms in total. The Morgan fingerprint density at radius 1 is 2.00 bits per heavy atom. The standard InChI is InChI=1S/C2H6N2O2S/c1-3-2(5)4-7-6/h7H,1H3,(H2,3,4,5,6). The highest BCUT2D eigenvalue weighted by Crippen LogP contribution is 1.66. The van der Waals surface area contributed by atoms with E-state index in [0.717, 1.165) is 0 Å². The van der Waals surface area contributed by atoms with Crippen LogP contribution in [0.4, 0.5) is 4.79 Å². The van der Waals surface area contributed by atoms with Gasteiger partial charge in [0.05, 0.1) is 0 Å². The lowest BCUT2D eigenvalue weighted by Gasteiger charge is -1.83. The van der Waals surface area contributed by atoms with Gasteiger partial charge in [0, 0.05) is 18.9 Å². The number of rotatable bonds is 0. The van der Waals surface area contributed by atoms with E-state index in [1.807, 2.05) is 0 Å². The van der Waals surface area contributed by atoms with Crippen LogP contribution in [0.3, 0.4) is 0 Å². The van der Waals surface area contributed by atoms with Crippen molar-refractivity contribution < 1.29 is 9.35 Å². The van der Waals surface area contributed by atoms with Gasteiger partial charge in [-0.25, -0.2) is 4.79 Å². The number of hydrogen-bond acceptors (Lipinski definition) is 1. The summed E-state index contributed by atoms with van der Waals surface area (Å²) in [5.41, 5.74) is 0. The average Bonchev–Trinajstić information content (AvgIpc) is 1.68. The molecule has 0 saturated heterocycles. The number of carbonyl (C=O) groups is 1. The minimum atomic E-state index is -0.510. The van der Waals surface area contributed by atoms with Crippen LogP contribution < -0.4 is 5.32 Å². The number of carbonyl (C=O) groups excluding carboxylic acids is 1. The third-order valence-electron chi connectivity index (χ3n) is 0.349. The maximum Gasteiger partial charge on any atom is 0.348 e. The molecule has 42 valence electrons. The van der Waals surface area contributed by atoms with Gasteiger partial charge in [-0.05, 0) is 0 Å². The van der Waals surface area contributed by atoms with Gasteiger partial charge >= 0.3 is 6.03 Å². The van der Waals surface area contributed by atoms with Gasteiger partial charge in [-0.3, -0.25) is 0 Å². The van der Waals surface area contributed by atoms with E-state index >= 15 is 0 Å². The molecule has 0 aliphatic rings. The molecule has 0 saturated carbocycles. The smallest absolute Gasteiger partial charge is 0.339 e. The predicted molar refractivity (Wildman–Crippen MR) is 28.3 cm³/mol. The van der Waals surface area contributed by atoms with Gasteiger partial charge < -0.3 is 9.87 Å². The van der Waals surface area contributed by atoms with E-state index in [9.17, 15) is 4.79 Å². The highest BCUT2D eigenvalue weighted by atomic mass is 32.2. The van der Waals surface area contributed by atoms with Crippen LogP contribution in [-0.2, 0) is 11.8 Å². The fourth-order valence-electron chi connectivity index (χ4n) is 0.0906. The van der Waals surface area contributed by atoms with Crippen LogP contribution in [0, 0.1) is 0 Å². The van der Waals surface area contributed by atoms with Crippen molar-refractivity contribution in [3.8, 4) is 0 Å². The molecule has 0 aromatic carbocycles. The first-order chi connectivity index (χ1) is 3.31. The zero-order chi connectivity index (χ0) is 5.70. The van der Waals surface area contributed by atoms with E-state index in [0.29, 0.717) is 0 Å². The van der Waals surface area contributed by atoms with Crippen molar-refractivity contribution in [2.75, 3.05) is 7.05 Å². The van der Waals surface area contributed by atoms with Gasteiger partial charge in [-0.1, -0.05) is 0 Å². The molecule has 0 aliphatic heterocycles. The van der Waals surface area contributed by atoms with E-state index in [-0.39, 0.29) is 11.8 Å². The summed E-state index contributed by atoms with van der Waals surface area (Å²) in [7, 11) is 1.44. The normalized spacial score (nSPS) is 10.6. The first kappa shape index (κ1) is 6.58. The van der Waals surface area contributed by atoms with E-state index in [2.05, 4.69) is 9.68 Å². The van der Waals surface area contributed by atoms with Gasteiger partial charge in [0.15, 0.2) is 0 Å². The molecule has 0 unspecified atom stereocenters. The molecule has 0 aromatic rings. The summed E-state index contributed by atoms with van der Waals surface area (Å²) in [5, 5.41) is 2.19. The van der Waals surface area contributed by atoms with E-state index in [1.54, 1.807) is 0 Å². The summed E-state index contributed by atoms with van der Waals surface area (Å²) in [6.07, 6.45) is 0. The van der Waals surface area contributed by atoms with Gasteiger partial charge in [0.2, 0.25) is 0 Å². The number of amides is 2. The van der Waals surface area contributed by atoms with Crippen molar-refractivity contribution in [1.29, 1.82) is 0 Å². The second-order valence-electron chi connectivity index (χ2n) is 0.745. The SMILES string of the molecule is CNC(=O)/N=[SH]/O. The Labute approximate surface area is 44.9 Å². The van der Waals surface area contributed by atoms with Crippen LogP contribution in [0.5, 0.6) is 0 Å². The largest absolute Gasteiger partial charge is 0.348 e. The van der Waals surface area contributed by atoms with Crippen molar-refractivity contribution in [2.45, 2.75) is 0 Å². The molecule has 2 amide bonds. The zero-order valence-electron chi connectivity index (χ0n) is 3.75. The number of thiol groups is 1. The Morgan fingerprint density at radius 3 is 2.71 bits per heavy atom. The second kappa shape index (κ2) is 3.76. The van der Waals surface area contributed by atoms with Gasteiger partial charge in [0.1, 0.15) is 0 Å². The minimum Gasteiger partial charge on any atom is -0.339 e. The molecule has 5 heteroatoms. The molecule has 7 heavy (non-hydrogen) atoms.